The second kappa shape index (κ2) is 8.47. The molecule has 0 saturated carbocycles. The van der Waals surface area contributed by atoms with Gasteiger partial charge in [-0.3, -0.25) is 14.9 Å². The molecule has 10 heteroatoms. The Kier molecular flexibility index (Phi) is 6.29. The van der Waals surface area contributed by atoms with E-state index in [1.165, 1.54) is 17.5 Å². The Hall–Kier alpha value is -2.65. The Bertz CT molecular complexity index is 1030. The van der Waals surface area contributed by atoms with E-state index in [0.717, 1.165) is 4.88 Å². The van der Waals surface area contributed by atoms with Crippen molar-refractivity contribution in [1.82, 2.24) is 15.2 Å². The molecule has 0 radical (unpaired) electrons. The predicted molar refractivity (Wildman–Crippen MR) is 123 cm³/mol. The fourth-order valence-electron chi connectivity index (χ4n) is 3.15. The van der Waals surface area contributed by atoms with Gasteiger partial charge in [0.2, 0.25) is 5.91 Å². The Balaban J connectivity index is 1.92. The molecule has 0 spiro atoms. The Morgan fingerprint density at radius 1 is 1.29 bits per heavy atom. The fraction of sp³-hybridized carbons (Fsp3) is 0.429. The second-order valence-corrected chi connectivity index (χ2v) is 10.2. The van der Waals surface area contributed by atoms with Crippen LogP contribution in [0.4, 0.5) is 15.5 Å². The van der Waals surface area contributed by atoms with Gasteiger partial charge in [-0.1, -0.05) is 32.4 Å². The minimum Gasteiger partial charge on any atom is -0.352 e. The van der Waals surface area contributed by atoms with Crippen molar-refractivity contribution in [2.75, 3.05) is 23.7 Å². The molecule has 0 aromatic carbocycles. The molecule has 0 bridgehead atoms. The number of hydrogen-bond acceptors (Lipinski definition) is 5. The lowest BCUT2D eigenvalue weighted by atomic mass is 9.93. The number of urea groups is 1. The van der Waals surface area contributed by atoms with Gasteiger partial charge >= 0.3 is 6.03 Å². The van der Waals surface area contributed by atoms with Crippen LogP contribution in [0.1, 0.15) is 49.9 Å². The summed E-state index contributed by atoms with van der Waals surface area (Å²) >= 11 is 7.35. The molecular formula is C21H26ClN5O3S. The van der Waals surface area contributed by atoms with Crippen LogP contribution in [0.2, 0.25) is 5.15 Å². The van der Waals surface area contributed by atoms with Gasteiger partial charge in [0, 0.05) is 24.2 Å². The minimum absolute atomic E-state index is 0.164. The first-order valence-corrected chi connectivity index (χ1v) is 11.0. The lowest BCUT2D eigenvalue weighted by molar-refractivity contribution is -0.133. The van der Waals surface area contributed by atoms with Crippen LogP contribution in [0, 0.1) is 0 Å². The highest BCUT2D eigenvalue weighted by atomic mass is 35.5. The van der Waals surface area contributed by atoms with E-state index in [0.29, 0.717) is 29.3 Å². The Morgan fingerprint density at radius 2 is 2.00 bits per heavy atom. The number of nitrogens with one attached hydrogen (secondary N) is 3. The van der Waals surface area contributed by atoms with Crippen LogP contribution in [0.3, 0.4) is 0 Å². The molecule has 31 heavy (non-hydrogen) atoms. The van der Waals surface area contributed by atoms with Gasteiger partial charge in [-0.25, -0.2) is 9.78 Å². The third-order valence-corrected chi connectivity index (χ3v) is 6.81. The molecule has 4 amide bonds. The number of rotatable bonds is 3. The van der Waals surface area contributed by atoms with Crippen molar-refractivity contribution in [3.63, 3.8) is 0 Å². The van der Waals surface area contributed by atoms with Gasteiger partial charge in [0.25, 0.3) is 5.91 Å². The molecule has 2 aromatic rings. The highest BCUT2D eigenvalue weighted by Crippen LogP contribution is 2.37. The van der Waals surface area contributed by atoms with E-state index >= 15 is 0 Å². The minimum atomic E-state index is -0.998. The van der Waals surface area contributed by atoms with Crippen molar-refractivity contribution in [2.24, 2.45) is 0 Å². The second-order valence-electron chi connectivity index (χ2n) is 8.80. The number of amides is 4. The molecule has 3 heterocycles. The zero-order valence-corrected chi connectivity index (χ0v) is 19.7. The van der Waals surface area contributed by atoms with Crippen LogP contribution >= 0.6 is 22.9 Å². The Morgan fingerprint density at radius 3 is 2.65 bits per heavy atom. The third-order valence-electron chi connectivity index (χ3n) is 5.03. The van der Waals surface area contributed by atoms with Crippen molar-refractivity contribution in [3.05, 3.63) is 40.0 Å². The first-order chi connectivity index (χ1) is 14.4. The van der Waals surface area contributed by atoms with Crippen molar-refractivity contribution in [1.29, 1.82) is 0 Å². The normalized spacial score (nSPS) is 15.9. The van der Waals surface area contributed by atoms with E-state index in [4.69, 9.17) is 11.6 Å². The SMILES string of the molecule is CC(C)(C)c1cc(C(=O)N2CCNC(=O)C2(C)C)c(NC(=O)Nc2cccnc2Cl)s1. The molecule has 1 aliphatic rings. The topological polar surface area (TPSA) is 103 Å². The van der Waals surface area contributed by atoms with Gasteiger partial charge in [0.05, 0.1) is 11.3 Å². The summed E-state index contributed by atoms with van der Waals surface area (Å²) in [4.78, 5) is 44.8. The van der Waals surface area contributed by atoms with E-state index in [9.17, 15) is 14.4 Å². The number of pyridine rings is 1. The largest absolute Gasteiger partial charge is 0.352 e. The van der Waals surface area contributed by atoms with Crippen molar-refractivity contribution in [2.45, 2.75) is 45.6 Å². The molecule has 2 aromatic heterocycles. The molecule has 166 valence electrons. The summed E-state index contributed by atoms with van der Waals surface area (Å²) in [7, 11) is 0. The van der Waals surface area contributed by atoms with Gasteiger partial charge in [0.15, 0.2) is 5.15 Å². The number of halogens is 1. The van der Waals surface area contributed by atoms with Crippen LogP contribution in [-0.2, 0) is 10.2 Å². The van der Waals surface area contributed by atoms with Gasteiger partial charge < -0.3 is 15.5 Å². The van der Waals surface area contributed by atoms with E-state index in [2.05, 4.69) is 20.9 Å². The molecule has 3 N–H and O–H groups in total. The summed E-state index contributed by atoms with van der Waals surface area (Å²) in [5.41, 5.74) is -0.513. The summed E-state index contributed by atoms with van der Waals surface area (Å²) in [6.45, 7) is 10.3. The maximum absolute atomic E-state index is 13.5. The van der Waals surface area contributed by atoms with Gasteiger partial charge in [-0.05, 0) is 37.5 Å². The monoisotopic (exact) mass is 463 g/mol. The molecule has 1 fully saturated rings. The maximum atomic E-state index is 13.5. The van der Waals surface area contributed by atoms with E-state index in [1.54, 1.807) is 36.9 Å². The lowest BCUT2D eigenvalue weighted by Crippen LogP contribution is -2.63. The van der Waals surface area contributed by atoms with Gasteiger partial charge in [-0.2, -0.15) is 0 Å². The van der Waals surface area contributed by atoms with Crippen LogP contribution in [0.5, 0.6) is 0 Å². The van der Waals surface area contributed by atoms with Crippen LogP contribution in [0.25, 0.3) is 0 Å². The fourth-order valence-corrected chi connectivity index (χ4v) is 4.42. The molecule has 1 saturated heterocycles. The summed E-state index contributed by atoms with van der Waals surface area (Å²) in [6, 6.07) is 4.54. The van der Waals surface area contributed by atoms with E-state index in [1.807, 2.05) is 20.8 Å². The predicted octanol–water partition coefficient (Wildman–Crippen LogP) is 4.09. The van der Waals surface area contributed by atoms with Crippen LogP contribution in [-0.4, -0.2) is 46.4 Å². The van der Waals surface area contributed by atoms with E-state index < -0.39 is 11.6 Å². The smallest absolute Gasteiger partial charge is 0.324 e. The lowest BCUT2D eigenvalue weighted by Gasteiger charge is -2.41. The van der Waals surface area contributed by atoms with Crippen molar-refractivity contribution < 1.29 is 14.4 Å². The summed E-state index contributed by atoms with van der Waals surface area (Å²) < 4.78 is 0. The summed E-state index contributed by atoms with van der Waals surface area (Å²) in [5, 5.41) is 8.78. The molecule has 0 atom stereocenters. The number of thiophene rings is 1. The number of hydrogen-bond donors (Lipinski definition) is 3. The first kappa shape index (κ1) is 23.0. The number of anilines is 2. The maximum Gasteiger partial charge on any atom is 0.324 e. The van der Waals surface area contributed by atoms with Crippen LogP contribution < -0.4 is 16.0 Å². The summed E-state index contributed by atoms with van der Waals surface area (Å²) in [6.07, 6.45) is 1.52. The first-order valence-electron chi connectivity index (χ1n) is 9.84. The molecule has 8 nitrogen and oxygen atoms in total. The molecule has 0 unspecified atom stereocenters. The third kappa shape index (κ3) is 4.83. The van der Waals surface area contributed by atoms with Crippen molar-refractivity contribution >= 4 is 51.5 Å². The quantitative estimate of drug-likeness (QED) is 0.596. The molecule has 1 aliphatic heterocycles. The summed E-state index contributed by atoms with van der Waals surface area (Å²) in [5.74, 6) is -0.516. The number of aromatic nitrogens is 1. The average molecular weight is 464 g/mol. The van der Waals surface area contributed by atoms with Gasteiger partial charge in [0.1, 0.15) is 10.5 Å². The average Bonchev–Trinajstić information content (AvgIpc) is 3.09. The molecule has 0 aliphatic carbocycles. The number of nitrogens with zero attached hydrogens (tertiary/aromatic N) is 2. The number of carbonyl (C=O) groups is 3. The number of carbonyl (C=O) groups excluding carboxylic acids is 3. The van der Waals surface area contributed by atoms with Crippen molar-refractivity contribution in [3.8, 4) is 0 Å². The zero-order chi connectivity index (χ0) is 23.0. The van der Waals surface area contributed by atoms with E-state index in [-0.39, 0.29) is 22.4 Å². The Labute approximate surface area is 190 Å². The highest BCUT2D eigenvalue weighted by Gasteiger charge is 2.42. The zero-order valence-electron chi connectivity index (χ0n) is 18.1. The molecule has 3 rings (SSSR count). The number of piperazine rings is 1. The highest BCUT2D eigenvalue weighted by molar-refractivity contribution is 7.16. The van der Waals surface area contributed by atoms with Crippen LogP contribution in [0.15, 0.2) is 24.4 Å². The van der Waals surface area contributed by atoms with Gasteiger partial charge in [-0.15, -0.1) is 11.3 Å². The molecular weight excluding hydrogens is 438 g/mol. The standard InChI is InChI=1S/C21H26ClN5O3S/c1-20(2,3)14-11-12(17(28)27-10-9-24-18(29)21(27,4)5)16(31-14)26-19(30)25-13-7-6-8-23-15(13)22/h6-8,11H,9-10H2,1-5H3,(H,24,29)(H2,25,26,30).